The summed E-state index contributed by atoms with van der Waals surface area (Å²) in [6, 6.07) is -1.73. The van der Waals surface area contributed by atoms with Crippen molar-refractivity contribution < 1.29 is 29.5 Å². The number of carboxylic acids is 2. The quantitative estimate of drug-likeness (QED) is 0.253. The first-order valence-electron chi connectivity index (χ1n) is 4.96. The van der Waals surface area contributed by atoms with E-state index in [2.05, 4.69) is 21.5 Å². The van der Waals surface area contributed by atoms with Crippen molar-refractivity contribution in [1.82, 2.24) is 0 Å². The SMILES string of the molecule is NOCC[C@H](N)C(=O)O.NOCC[C@H](N)C(=O)O. The molecule has 0 aromatic heterocycles. The molecule has 10 nitrogen and oxygen atoms in total. The molecule has 0 heterocycles. The third kappa shape index (κ3) is 12.8. The highest BCUT2D eigenvalue weighted by molar-refractivity contribution is 5.73. The highest BCUT2D eigenvalue weighted by Gasteiger charge is 2.10. The van der Waals surface area contributed by atoms with Crippen LogP contribution in [0, 0.1) is 0 Å². The van der Waals surface area contributed by atoms with Crippen molar-refractivity contribution in [2.75, 3.05) is 13.2 Å². The van der Waals surface area contributed by atoms with Crippen LogP contribution in [0.4, 0.5) is 0 Å². The molecule has 0 saturated carbocycles. The van der Waals surface area contributed by atoms with Gasteiger partial charge in [0.2, 0.25) is 0 Å². The maximum atomic E-state index is 9.98. The lowest BCUT2D eigenvalue weighted by molar-refractivity contribution is -0.139. The first-order chi connectivity index (χ1) is 8.36. The lowest BCUT2D eigenvalue weighted by atomic mass is 10.2. The third-order valence-corrected chi connectivity index (χ3v) is 1.73. The fraction of sp³-hybridized carbons (Fsp3) is 0.750. The monoisotopic (exact) mass is 268 g/mol. The van der Waals surface area contributed by atoms with E-state index in [-0.39, 0.29) is 26.1 Å². The van der Waals surface area contributed by atoms with Gasteiger partial charge in [0.05, 0.1) is 13.2 Å². The van der Waals surface area contributed by atoms with Crippen LogP contribution in [0.15, 0.2) is 0 Å². The first-order valence-corrected chi connectivity index (χ1v) is 4.96. The van der Waals surface area contributed by atoms with Crippen LogP contribution in [-0.2, 0) is 19.3 Å². The molecule has 10 heteroatoms. The standard InChI is InChI=1S/2C4H10N2O3/c2*5-3(4(7)8)1-2-9-6/h2*3H,1-2,5-6H2,(H,7,8)/t2*3-/m00/s1. The summed E-state index contributed by atoms with van der Waals surface area (Å²) < 4.78 is 0. The molecule has 0 bridgehead atoms. The second-order valence-corrected chi connectivity index (χ2v) is 3.21. The summed E-state index contributed by atoms with van der Waals surface area (Å²) in [5.41, 5.74) is 10.1. The average Bonchev–Trinajstić information content (AvgIpc) is 2.33. The maximum absolute atomic E-state index is 9.98. The molecule has 108 valence electrons. The van der Waals surface area contributed by atoms with Gasteiger partial charge < -0.3 is 31.4 Å². The molecule has 0 aromatic rings. The van der Waals surface area contributed by atoms with Crippen LogP contribution in [0.3, 0.4) is 0 Å². The van der Waals surface area contributed by atoms with Crippen molar-refractivity contribution in [3.8, 4) is 0 Å². The van der Waals surface area contributed by atoms with E-state index in [9.17, 15) is 9.59 Å². The van der Waals surface area contributed by atoms with Gasteiger partial charge in [0.15, 0.2) is 0 Å². The first kappa shape index (κ1) is 19.0. The zero-order valence-electron chi connectivity index (χ0n) is 9.82. The Hall–Kier alpha value is -1.30. The smallest absolute Gasteiger partial charge is 0.320 e. The molecule has 0 rings (SSSR count). The van der Waals surface area contributed by atoms with E-state index in [0.717, 1.165) is 0 Å². The molecule has 18 heavy (non-hydrogen) atoms. The van der Waals surface area contributed by atoms with Crippen LogP contribution < -0.4 is 23.3 Å². The third-order valence-electron chi connectivity index (χ3n) is 1.73. The minimum atomic E-state index is -1.04. The topological polar surface area (TPSA) is 197 Å². The van der Waals surface area contributed by atoms with Crippen LogP contribution in [0.2, 0.25) is 0 Å². The van der Waals surface area contributed by atoms with Gasteiger partial charge in [0.25, 0.3) is 0 Å². The Morgan fingerprint density at radius 1 is 0.889 bits per heavy atom. The molecule has 0 aliphatic carbocycles. The van der Waals surface area contributed by atoms with Gasteiger partial charge in [-0.05, 0) is 12.8 Å². The highest BCUT2D eigenvalue weighted by atomic mass is 16.6. The van der Waals surface area contributed by atoms with Crippen LogP contribution in [0.25, 0.3) is 0 Å². The van der Waals surface area contributed by atoms with Gasteiger partial charge in [-0.3, -0.25) is 9.59 Å². The second-order valence-electron chi connectivity index (χ2n) is 3.21. The molecule has 0 unspecified atom stereocenters. The Morgan fingerprint density at radius 3 is 1.33 bits per heavy atom. The van der Waals surface area contributed by atoms with Crippen LogP contribution in [0.5, 0.6) is 0 Å². The molecule has 2 atom stereocenters. The number of hydrogen-bond donors (Lipinski definition) is 6. The van der Waals surface area contributed by atoms with Gasteiger partial charge in [0, 0.05) is 0 Å². The fourth-order valence-corrected chi connectivity index (χ4v) is 0.637. The lowest BCUT2D eigenvalue weighted by Crippen LogP contribution is -2.31. The van der Waals surface area contributed by atoms with Crippen molar-refractivity contribution in [3.05, 3.63) is 0 Å². The normalized spacial score (nSPS) is 13.1. The lowest BCUT2D eigenvalue weighted by Gasteiger charge is -2.02. The van der Waals surface area contributed by atoms with Crippen molar-refractivity contribution >= 4 is 11.9 Å². The van der Waals surface area contributed by atoms with E-state index in [1.165, 1.54) is 0 Å². The van der Waals surface area contributed by atoms with Crippen molar-refractivity contribution in [2.45, 2.75) is 24.9 Å². The molecule has 0 aliphatic heterocycles. The molecule has 10 N–H and O–H groups in total. The minimum absolute atomic E-state index is 0.174. The van der Waals surface area contributed by atoms with Crippen LogP contribution in [-0.4, -0.2) is 47.4 Å². The zero-order chi connectivity index (χ0) is 14.6. The fourth-order valence-electron chi connectivity index (χ4n) is 0.637. The van der Waals surface area contributed by atoms with Gasteiger partial charge in [-0.25, -0.2) is 11.8 Å². The summed E-state index contributed by atoms with van der Waals surface area (Å²) in [5.74, 6) is 7.19. The van der Waals surface area contributed by atoms with Gasteiger partial charge in [0.1, 0.15) is 12.1 Å². The van der Waals surface area contributed by atoms with Gasteiger partial charge >= 0.3 is 11.9 Å². The Labute approximate surface area is 104 Å². The Bertz CT molecular complexity index is 216. The molecule has 0 aromatic carbocycles. The Morgan fingerprint density at radius 2 is 1.17 bits per heavy atom. The molecule has 0 amide bonds. The maximum Gasteiger partial charge on any atom is 0.320 e. The molecular weight excluding hydrogens is 248 g/mol. The van der Waals surface area contributed by atoms with Crippen LogP contribution in [0.1, 0.15) is 12.8 Å². The predicted octanol–water partition coefficient (Wildman–Crippen LogP) is -2.64. The van der Waals surface area contributed by atoms with Crippen molar-refractivity contribution in [1.29, 1.82) is 0 Å². The van der Waals surface area contributed by atoms with Gasteiger partial charge in [-0.1, -0.05) is 0 Å². The van der Waals surface area contributed by atoms with E-state index in [1.54, 1.807) is 0 Å². The summed E-state index contributed by atoms with van der Waals surface area (Å²) in [4.78, 5) is 28.2. The van der Waals surface area contributed by atoms with Gasteiger partial charge in [-0.2, -0.15) is 0 Å². The zero-order valence-corrected chi connectivity index (χ0v) is 9.82. The van der Waals surface area contributed by atoms with E-state index in [4.69, 9.17) is 21.7 Å². The van der Waals surface area contributed by atoms with E-state index < -0.39 is 24.0 Å². The molecular formula is C8H20N4O6. The van der Waals surface area contributed by atoms with Crippen molar-refractivity contribution in [2.24, 2.45) is 23.3 Å². The molecule has 0 fully saturated rings. The minimum Gasteiger partial charge on any atom is -0.480 e. The average molecular weight is 268 g/mol. The number of hydrogen-bond acceptors (Lipinski definition) is 8. The van der Waals surface area contributed by atoms with Crippen LogP contribution >= 0.6 is 0 Å². The van der Waals surface area contributed by atoms with E-state index in [0.29, 0.717) is 0 Å². The Balaban J connectivity index is 0. The summed E-state index contributed by atoms with van der Waals surface area (Å²) in [5, 5.41) is 16.4. The number of carboxylic acid groups (broad SMARTS) is 2. The highest BCUT2D eigenvalue weighted by Crippen LogP contribution is 1.86. The molecule has 0 aliphatic rings. The largest absolute Gasteiger partial charge is 0.480 e. The predicted molar refractivity (Wildman–Crippen MR) is 60.7 cm³/mol. The summed E-state index contributed by atoms with van der Waals surface area (Å²) in [7, 11) is 0. The number of rotatable bonds is 8. The summed E-state index contributed by atoms with van der Waals surface area (Å²) >= 11 is 0. The number of aliphatic carboxylic acids is 2. The second kappa shape index (κ2) is 12.2. The number of carbonyl (C=O) groups is 2. The number of nitrogens with two attached hydrogens (primary N) is 4. The molecule has 0 saturated heterocycles. The van der Waals surface area contributed by atoms with Gasteiger partial charge in [-0.15, -0.1) is 0 Å². The van der Waals surface area contributed by atoms with E-state index >= 15 is 0 Å². The Kier molecular flexibility index (Phi) is 12.9. The van der Waals surface area contributed by atoms with Crippen molar-refractivity contribution in [3.63, 3.8) is 0 Å². The molecule has 0 radical (unpaired) electrons. The summed E-state index contributed by atoms with van der Waals surface area (Å²) in [6.45, 7) is 0.348. The van der Waals surface area contributed by atoms with E-state index in [1.807, 2.05) is 0 Å². The molecule has 0 spiro atoms. The summed E-state index contributed by atoms with van der Waals surface area (Å²) in [6.07, 6.45) is 0.484.